The van der Waals surface area contributed by atoms with Gasteiger partial charge in [-0.15, -0.1) is 0 Å². The van der Waals surface area contributed by atoms with Crippen LogP contribution in [0.1, 0.15) is 6.42 Å². The lowest BCUT2D eigenvalue weighted by Gasteiger charge is -2.06. The number of thiazole rings is 1. The average molecular weight is 418 g/mol. The maximum absolute atomic E-state index is 4.96. The molecule has 29 heavy (non-hydrogen) atoms. The smallest absolute Gasteiger partial charge is 0.185 e. The summed E-state index contributed by atoms with van der Waals surface area (Å²) in [5.74, 6) is 0.815. The van der Waals surface area contributed by atoms with Crippen LogP contribution < -0.4 is 4.80 Å². The Morgan fingerprint density at radius 1 is 0.724 bits per heavy atom. The summed E-state index contributed by atoms with van der Waals surface area (Å²) < 4.78 is 6.02. The number of para-hydroxylation sites is 3. The van der Waals surface area contributed by atoms with Crippen LogP contribution in [0.4, 0.5) is 0 Å². The second-order valence-electron chi connectivity index (χ2n) is 7.15. The van der Waals surface area contributed by atoms with Crippen LogP contribution in [0, 0.1) is 0 Å². The molecule has 0 unspecified atom stereocenters. The number of nitrogens with zero attached hydrogens (tertiary/aromatic N) is 3. The number of hydrogen-bond donors (Lipinski definition) is 1. The SMILES string of the molecule is SCCn1c(=NCCCn2c3ccccc3c3ccccc32)sc2ccccc21. The molecule has 3 aromatic carbocycles. The Kier molecular flexibility index (Phi) is 5.17. The first-order chi connectivity index (χ1) is 14.4. The Hall–Kier alpha value is -2.50. The van der Waals surface area contributed by atoms with Gasteiger partial charge in [0, 0.05) is 47.2 Å². The van der Waals surface area contributed by atoms with E-state index in [1.165, 1.54) is 32.0 Å². The predicted octanol–water partition coefficient (Wildman–Crippen LogP) is 5.73. The number of rotatable bonds is 6. The van der Waals surface area contributed by atoms with E-state index in [0.717, 1.165) is 36.6 Å². The van der Waals surface area contributed by atoms with Gasteiger partial charge >= 0.3 is 0 Å². The summed E-state index contributed by atoms with van der Waals surface area (Å²) in [5.41, 5.74) is 3.87. The number of thiol groups is 1. The molecular weight excluding hydrogens is 394 g/mol. The van der Waals surface area contributed by atoms with Crippen molar-refractivity contribution >= 4 is 56.0 Å². The number of fused-ring (bicyclic) bond motifs is 4. The fourth-order valence-electron chi connectivity index (χ4n) is 4.10. The molecular formula is C24H23N3S2. The molecule has 0 atom stereocenters. The minimum atomic E-state index is 0.815. The minimum absolute atomic E-state index is 0.815. The third kappa shape index (κ3) is 3.38. The van der Waals surface area contributed by atoms with Crippen LogP contribution in [0.5, 0.6) is 0 Å². The van der Waals surface area contributed by atoms with E-state index >= 15 is 0 Å². The molecule has 5 rings (SSSR count). The van der Waals surface area contributed by atoms with Gasteiger partial charge in [-0.1, -0.05) is 59.9 Å². The van der Waals surface area contributed by atoms with Crippen LogP contribution >= 0.6 is 24.0 Å². The summed E-state index contributed by atoms with van der Waals surface area (Å²) >= 11 is 6.21. The topological polar surface area (TPSA) is 22.2 Å². The number of benzene rings is 3. The summed E-state index contributed by atoms with van der Waals surface area (Å²) in [6, 6.07) is 25.9. The fraction of sp³-hybridized carbons (Fsp3) is 0.208. The van der Waals surface area contributed by atoms with Gasteiger partial charge in [-0.05, 0) is 30.7 Å². The lowest BCUT2D eigenvalue weighted by molar-refractivity contribution is 0.671. The van der Waals surface area contributed by atoms with E-state index in [1.54, 1.807) is 11.3 Å². The third-order valence-electron chi connectivity index (χ3n) is 5.38. The standard InChI is InChI=1S/C24H23N3S2/c28-17-16-27-22-12-5-6-13-23(22)29-24(27)25-14-7-15-26-20-10-3-1-8-18(20)19-9-2-4-11-21(19)26/h1-6,8-13,28H,7,14-17H2. The van der Waals surface area contributed by atoms with Crippen molar-refractivity contribution in [2.45, 2.75) is 19.5 Å². The molecule has 0 saturated carbocycles. The largest absolute Gasteiger partial charge is 0.340 e. The van der Waals surface area contributed by atoms with Crippen molar-refractivity contribution in [3.05, 3.63) is 77.6 Å². The molecule has 0 aliphatic rings. The van der Waals surface area contributed by atoms with Crippen LogP contribution in [0.2, 0.25) is 0 Å². The summed E-state index contributed by atoms with van der Waals surface area (Å²) in [7, 11) is 0. The van der Waals surface area contributed by atoms with Gasteiger partial charge in [0.05, 0.1) is 10.2 Å². The van der Waals surface area contributed by atoms with Crippen molar-refractivity contribution in [3.63, 3.8) is 0 Å². The zero-order valence-electron chi connectivity index (χ0n) is 16.2. The highest BCUT2D eigenvalue weighted by atomic mass is 32.1. The summed E-state index contributed by atoms with van der Waals surface area (Å²) in [6.07, 6.45) is 1.01. The third-order valence-corrected chi connectivity index (χ3v) is 6.68. The average Bonchev–Trinajstić information content (AvgIpc) is 3.28. The first kappa shape index (κ1) is 18.5. The molecule has 0 saturated heterocycles. The normalized spacial score (nSPS) is 12.5. The number of hydrogen-bond acceptors (Lipinski definition) is 3. The minimum Gasteiger partial charge on any atom is -0.340 e. The molecule has 2 heterocycles. The summed E-state index contributed by atoms with van der Waals surface area (Å²) in [5, 5.41) is 2.66. The van der Waals surface area contributed by atoms with Crippen LogP contribution in [-0.2, 0) is 13.1 Å². The molecule has 0 N–H and O–H groups in total. The van der Waals surface area contributed by atoms with Crippen molar-refractivity contribution in [2.24, 2.45) is 4.99 Å². The molecule has 0 radical (unpaired) electrons. The Bertz CT molecular complexity index is 1300. The zero-order chi connectivity index (χ0) is 19.6. The molecule has 146 valence electrons. The summed E-state index contributed by atoms with van der Waals surface area (Å²) in [4.78, 5) is 6.06. The predicted molar refractivity (Wildman–Crippen MR) is 128 cm³/mol. The molecule has 0 amide bonds. The summed E-state index contributed by atoms with van der Waals surface area (Å²) in [6.45, 7) is 2.67. The maximum Gasteiger partial charge on any atom is 0.185 e. The molecule has 2 aromatic heterocycles. The van der Waals surface area contributed by atoms with Gasteiger partial charge in [-0.2, -0.15) is 12.6 Å². The van der Waals surface area contributed by atoms with Gasteiger partial charge in [0.2, 0.25) is 0 Å². The Morgan fingerprint density at radius 3 is 2.03 bits per heavy atom. The first-order valence-electron chi connectivity index (χ1n) is 10.0. The molecule has 0 fully saturated rings. The van der Waals surface area contributed by atoms with E-state index in [4.69, 9.17) is 4.99 Å². The molecule has 5 heteroatoms. The first-order valence-corrected chi connectivity index (χ1v) is 11.5. The van der Waals surface area contributed by atoms with E-state index < -0.39 is 0 Å². The van der Waals surface area contributed by atoms with Gasteiger partial charge in [0.15, 0.2) is 4.80 Å². The van der Waals surface area contributed by atoms with Crippen molar-refractivity contribution in [1.29, 1.82) is 0 Å². The lowest BCUT2D eigenvalue weighted by Crippen LogP contribution is -2.16. The molecule has 0 aliphatic heterocycles. The van der Waals surface area contributed by atoms with Crippen molar-refractivity contribution in [2.75, 3.05) is 12.3 Å². The molecule has 3 nitrogen and oxygen atoms in total. The molecule has 0 bridgehead atoms. The second-order valence-corrected chi connectivity index (χ2v) is 8.61. The van der Waals surface area contributed by atoms with Gasteiger partial charge in [0.1, 0.15) is 0 Å². The Labute approximate surface area is 179 Å². The Morgan fingerprint density at radius 2 is 1.34 bits per heavy atom. The van der Waals surface area contributed by atoms with Crippen LogP contribution in [0.15, 0.2) is 77.8 Å². The number of aromatic nitrogens is 2. The van der Waals surface area contributed by atoms with E-state index in [2.05, 4.69) is 94.6 Å². The van der Waals surface area contributed by atoms with Gasteiger partial charge in [-0.3, -0.25) is 4.99 Å². The monoisotopic (exact) mass is 417 g/mol. The maximum atomic E-state index is 4.96. The van der Waals surface area contributed by atoms with E-state index in [0.29, 0.717) is 0 Å². The van der Waals surface area contributed by atoms with Crippen LogP contribution in [-0.4, -0.2) is 21.4 Å². The van der Waals surface area contributed by atoms with Crippen LogP contribution in [0.3, 0.4) is 0 Å². The van der Waals surface area contributed by atoms with Crippen LogP contribution in [0.25, 0.3) is 32.0 Å². The molecule has 0 spiro atoms. The highest BCUT2D eigenvalue weighted by molar-refractivity contribution is 7.80. The quantitative estimate of drug-likeness (QED) is 0.269. The van der Waals surface area contributed by atoms with E-state index in [-0.39, 0.29) is 0 Å². The van der Waals surface area contributed by atoms with Crippen molar-refractivity contribution < 1.29 is 0 Å². The van der Waals surface area contributed by atoms with Crippen molar-refractivity contribution in [1.82, 2.24) is 9.13 Å². The van der Waals surface area contributed by atoms with E-state index in [1.807, 2.05) is 0 Å². The van der Waals surface area contributed by atoms with Gasteiger partial charge in [0.25, 0.3) is 0 Å². The van der Waals surface area contributed by atoms with E-state index in [9.17, 15) is 0 Å². The molecule has 5 aromatic rings. The van der Waals surface area contributed by atoms with Crippen molar-refractivity contribution in [3.8, 4) is 0 Å². The molecule has 0 aliphatic carbocycles. The van der Waals surface area contributed by atoms with Gasteiger partial charge < -0.3 is 9.13 Å². The second kappa shape index (κ2) is 8.09. The highest BCUT2D eigenvalue weighted by Gasteiger charge is 2.09. The zero-order valence-corrected chi connectivity index (χ0v) is 17.9. The highest BCUT2D eigenvalue weighted by Crippen LogP contribution is 2.28. The van der Waals surface area contributed by atoms with Gasteiger partial charge in [-0.25, -0.2) is 0 Å². The lowest BCUT2D eigenvalue weighted by atomic mass is 10.2. The Balaban J connectivity index is 1.44. The number of aryl methyl sites for hydroxylation is 2. The fourth-order valence-corrected chi connectivity index (χ4v) is 5.39.